The van der Waals surface area contributed by atoms with E-state index in [0.717, 1.165) is 19.3 Å². The highest BCUT2D eigenvalue weighted by Gasteiger charge is 2.26. The van der Waals surface area contributed by atoms with Crippen LogP contribution in [0.2, 0.25) is 0 Å². The van der Waals surface area contributed by atoms with E-state index >= 15 is 0 Å². The molecule has 1 saturated carbocycles. The van der Waals surface area contributed by atoms with Gasteiger partial charge >= 0.3 is 0 Å². The monoisotopic (exact) mass is 236 g/mol. The average molecular weight is 236 g/mol. The SMILES string of the molecule is CC(C(=O)NCC1CCCC1O)n1cccc1. The summed E-state index contributed by atoms with van der Waals surface area (Å²) in [6.07, 6.45) is 6.47. The zero-order chi connectivity index (χ0) is 12.3. The van der Waals surface area contributed by atoms with Crippen LogP contribution in [0.4, 0.5) is 0 Å². The van der Waals surface area contributed by atoms with Crippen molar-refractivity contribution in [1.82, 2.24) is 9.88 Å². The summed E-state index contributed by atoms with van der Waals surface area (Å²) < 4.78 is 1.88. The molecule has 1 fully saturated rings. The summed E-state index contributed by atoms with van der Waals surface area (Å²) in [4.78, 5) is 11.9. The number of aliphatic hydroxyl groups excluding tert-OH is 1. The first-order chi connectivity index (χ1) is 8.18. The third-order valence-electron chi connectivity index (χ3n) is 3.61. The Morgan fingerprint density at radius 1 is 1.47 bits per heavy atom. The minimum atomic E-state index is -0.239. The molecule has 0 aromatic carbocycles. The zero-order valence-electron chi connectivity index (χ0n) is 10.2. The molecule has 94 valence electrons. The van der Waals surface area contributed by atoms with Crippen LogP contribution >= 0.6 is 0 Å². The Morgan fingerprint density at radius 3 is 2.76 bits per heavy atom. The summed E-state index contributed by atoms with van der Waals surface area (Å²) in [5.41, 5.74) is 0. The van der Waals surface area contributed by atoms with E-state index in [1.807, 2.05) is 36.0 Å². The van der Waals surface area contributed by atoms with E-state index in [0.29, 0.717) is 6.54 Å². The third-order valence-corrected chi connectivity index (χ3v) is 3.61. The van der Waals surface area contributed by atoms with Gasteiger partial charge in [0.15, 0.2) is 0 Å². The van der Waals surface area contributed by atoms with Crippen molar-refractivity contribution in [2.45, 2.75) is 38.3 Å². The van der Waals surface area contributed by atoms with Crippen molar-refractivity contribution < 1.29 is 9.90 Å². The minimum absolute atomic E-state index is 0.0142. The van der Waals surface area contributed by atoms with Crippen molar-refractivity contribution in [2.24, 2.45) is 5.92 Å². The van der Waals surface area contributed by atoms with E-state index in [1.54, 1.807) is 0 Å². The third kappa shape index (κ3) is 2.88. The largest absolute Gasteiger partial charge is 0.393 e. The lowest BCUT2D eigenvalue weighted by Crippen LogP contribution is -2.36. The van der Waals surface area contributed by atoms with E-state index < -0.39 is 0 Å². The first-order valence-corrected chi connectivity index (χ1v) is 6.26. The highest BCUT2D eigenvalue weighted by molar-refractivity contribution is 5.79. The highest BCUT2D eigenvalue weighted by Crippen LogP contribution is 2.24. The number of carbonyl (C=O) groups is 1. The molecular formula is C13H20N2O2. The van der Waals surface area contributed by atoms with E-state index in [1.165, 1.54) is 0 Å². The van der Waals surface area contributed by atoms with Gasteiger partial charge in [-0.05, 0) is 31.9 Å². The number of carbonyl (C=O) groups excluding carboxylic acids is 1. The number of hydrogen-bond donors (Lipinski definition) is 2. The molecule has 3 unspecified atom stereocenters. The lowest BCUT2D eigenvalue weighted by Gasteiger charge is -2.18. The normalized spacial score (nSPS) is 25.8. The lowest BCUT2D eigenvalue weighted by molar-refractivity contribution is -0.124. The summed E-state index contributed by atoms with van der Waals surface area (Å²) in [5, 5.41) is 12.6. The predicted octanol–water partition coefficient (Wildman–Crippen LogP) is 1.33. The predicted molar refractivity (Wildman–Crippen MR) is 65.5 cm³/mol. The van der Waals surface area contributed by atoms with Crippen LogP contribution in [-0.4, -0.2) is 28.2 Å². The maximum absolute atomic E-state index is 11.9. The average Bonchev–Trinajstić information content (AvgIpc) is 2.96. The second-order valence-electron chi connectivity index (χ2n) is 4.81. The Balaban J connectivity index is 1.81. The first-order valence-electron chi connectivity index (χ1n) is 6.26. The zero-order valence-corrected chi connectivity index (χ0v) is 10.2. The van der Waals surface area contributed by atoms with Crippen molar-refractivity contribution in [3.63, 3.8) is 0 Å². The van der Waals surface area contributed by atoms with E-state index in [9.17, 15) is 9.90 Å². The Hall–Kier alpha value is -1.29. The molecule has 4 nitrogen and oxygen atoms in total. The van der Waals surface area contributed by atoms with E-state index in [4.69, 9.17) is 0 Å². The number of aliphatic hydroxyl groups is 1. The van der Waals surface area contributed by atoms with Gasteiger partial charge in [-0.2, -0.15) is 0 Å². The van der Waals surface area contributed by atoms with Crippen LogP contribution in [0.5, 0.6) is 0 Å². The molecule has 17 heavy (non-hydrogen) atoms. The molecule has 1 aromatic rings. The highest BCUT2D eigenvalue weighted by atomic mass is 16.3. The van der Waals surface area contributed by atoms with Gasteiger partial charge in [0.1, 0.15) is 6.04 Å². The topological polar surface area (TPSA) is 54.3 Å². The van der Waals surface area contributed by atoms with Gasteiger partial charge in [0.25, 0.3) is 0 Å². The van der Waals surface area contributed by atoms with Gasteiger partial charge in [0.2, 0.25) is 5.91 Å². The summed E-state index contributed by atoms with van der Waals surface area (Å²) in [6, 6.07) is 3.62. The maximum atomic E-state index is 11.9. The van der Waals surface area contributed by atoms with Gasteiger partial charge in [0.05, 0.1) is 6.10 Å². The van der Waals surface area contributed by atoms with Crippen LogP contribution in [0.25, 0.3) is 0 Å². The second kappa shape index (κ2) is 5.36. The molecule has 0 radical (unpaired) electrons. The second-order valence-corrected chi connectivity index (χ2v) is 4.81. The number of rotatable bonds is 4. The Labute approximate surface area is 102 Å². The molecular weight excluding hydrogens is 216 g/mol. The molecule has 1 amide bonds. The van der Waals surface area contributed by atoms with Gasteiger partial charge in [-0.3, -0.25) is 4.79 Å². The Kier molecular flexibility index (Phi) is 3.84. The first kappa shape index (κ1) is 12.2. The van der Waals surface area contributed by atoms with Gasteiger partial charge in [-0.1, -0.05) is 6.42 Å². The van der Waals surface area contributed by atoms with Gasteiger partial charge in [-0.15, -0.1) is 0 Å². The number of aromatic nitrogens is 1. The van der Waals surface area contributed by atoms with Crippen molar-refractivity contribution in [1.29, 1.82) is 0 Å². The van der Waals surface area contributed by atoms with E-state index in [-0.39, 0.29) is 24.0 Å². The molecule has 0 aliphatic heterocycles. The van der Waals surface area contributed by atoms with Crippen LogP contribution < -0.4 is 5.32 Å². The molecule has 2 N–H and O–H groups in total. The Bertz CT molecular complexity index is 362. The molecule has 1 aliphatic carbocycles. The molecule has 2 rings (SSSR count). The van der Waals surface area contributed by atoms with E-state index in [2.05, 4.69) is 5.32 Å². The fraction of sp³-hybridized carbons (Fsp3) is 0.615. The minimum Gasteiger partial charge on any atom is -0.393 e. The molecule has 0 saturated heterocycles. The molecule has 1 aromatic heterocycles. The molecule has 0 spiro atoms. The van der Waals surface area contributed by atoms with Crippen molar-refractivity contribution in [3.05, 3.63) is 24.5 Å². The van der Waals surface area contributed by atoms with Crippen LogP contribution in [-0.2, 0) is 4.79 Å². The number of hydrogen-bond acceptors (Lipinski definition) is 2. The number of amides is 1. The molecule has 0 bridgehead atoms. The Morgan fingerprint density at radius 2 is 2.18 bits per heavy atom. The van der Waals surface area contributed by atoms with Gasteiger partial charge in [0, 0.05) is 24.9 Å². The van der Waals surface area contributed by atoms with Crippen LogP contribution in [0, 0.1) is 5.92 Å². The molecule has 1 aliphatic rings. The van der Waals surface area contributed by atoms with Crippen molar-refractivity contribution in [3.8, 4) is 0 Å². The van der Waals surface area contributed by atoms with Crippen molar-refractivity contribution in [2.75, 3.05) is 6.54 Å². The fourth-order valence-corrected chi connectivity index (χ4v) is 2.38. The van der Waals surface area contributed by atoms with Gasteiger partial charge < -0.3 is 15.0 Å². The fourth-order valence-electron chi connectivity index (χ4n) is 2.38. The smallest absolute Gasteiger partial charge is 0.242 e. The number of nitrogens with one attached hydrogen (secondary N) is 1. The van der Waals surface area contributed by atoms with Crippen LogP contribution in [0.1, 0.15) is 32.2 Å². The standard InChI is InChI=1S/C13H20N2O2/c1-10(15-7-2-3-8-15)13(17)14-9-11-5-4-6-12(11)16/h2-3,7-8,10-12,16H,4-6,9H2,1H3,(H,14,17). The molecule has 4 heteroatoms. The maximum Gasteiger partial charge on any atom is 0.242 e. The quantitative estimate of drug-likeness (QED) is 0.828. The van der Waals surface area contributed by atoms with Crippen LogP contribution in [0.3, 0.4) is 0 Å². The van der Waals surface area contributed by atoms with Crippen molar-refractivity contribution >= 4 is 5.91 Å². The summed E-state index contributed by atoms with van der Waals surface area (Å²) >= 11 is 0. The summed E-state index contributed by atoms with van der Waals surface area (Å²) in [5.74, 6) is 0.246. The number of nitrogens with zero attached hydrogens (tertiary/aromatic N) is 1. The molecule has 3 atom stereocenters. The lowest BCUT2D eigenvalue weighted by atomic mass is 10.1. The summed E-state index contributed by atoms with van der Waals surface area (Å²) in [6.45, 7) is 2.46. The summed E-state index contributed by atoms with van der Waals surface area (Å²) in [7, 11) is 0. The van der Waals surface area contributed by atoms with Gasteiger partial charge in [-0.25, -0.2) is 0 Å². The van der Waals surface area contributed by atoms with Crippen LogP contribution in [0.15, 0.2) is 24.5 Å². The molecule has 1 heterocycles.